The molecule has 9 heteroatoms. The third-order valence-electron chi connectivity index (χ3n) is 3.04. The van der Waals surface area contributed by atoms with E-state index in [-0.39, 0.29) is 5.65 Å². The Bertz CT molecular complexity index is 842. The monoisotopic (exact) mass is 339 g/mol. The average Bonchev–Trinajstić information content (AvgIpc) is 2.92. The molecule has 0 atom stereocenters. The number of hydrogen-bond acceptors (Lipinski definition) is 5. The minimum atomic E-state index is -1.21. The summed E-state index contributed by atoms with van der Waals surface area (Å²) in [6.07, 6.45) is 4.36. The normalized spacial score (nSPS) is 12.7. The fraction of sp³-hybridized carbons (Fsp3) is 0.0625. The number of aliphatic hydroxyl groups is 1. The summed E-state index contributed by atoms with van der Waals surface area (Å²) in [6.45, 7) is 0. The Morgan fingerprint density at radius 3 is 2.40 bits per heavy atom. The van der Waals surface area contributed by atoms with Crippen LogP contribution in [0.15, 0.2) is 47.5 Å². The van der Waals surface area contributed by atoms with Crippen LogP contribution in [0.5, 0.6) is 0 Å². The van der Waals surface area contributed by atoms with Crippen molar-refractivity contribution in [2.24, 2.45) is 4.99 Å². The number of fused-ring (bicyclic) bond motifs is 1. The molecular weight excluding hydrogens is 325 g/mol. The van der Waals surface area contributed by atoms with Gasteiger partial charge >= 0.3 is 116 Å². The Hall–Kier alpha value is -3.49. The van der Waals surface area contributed by atoms with Crippen LogP contribution in [0.4, 0.5) is 11.4 Å². The van der Waals surface area contributed by atoms with Gasteiger partial charge in [-0.25, -0.2) is 4.79 Å². The molecule has 0 aromatic heterocycles. The number of anilines is 1. The van der Waals surface area contributed by atoms with Gasteiger partial charge in [0.25, 0.3) is 0 Å². The van der Waals surface area contributed by atoms with Crippen molar-refractivity contribution in [3.05, 3.63) is 48.1 Å². The Morgan fingerprint density at radius 1 is 1.04 bits per heavy atom. The number of aliphatic hydroxyl groups excluding tert-OH is 1. The molecule has 0 radical (unpaired) electrons. The van der Waals surface area contributed by atoms with Crippen LogP contribution in [0.2, 0.25) is 0 Å². The molecule has 0 saturated heterocycles. The number of nitrogens with zero attached hydrogens (tertiary/aromatic N) is 1. The zero-order chi connectivity index (χ0) is 18.4. The number of rotatable bonds is 5. The molecule has 0 aliphatic carbocycles. The number of amides is 2. The van der Waals surface area contributed by atoms with E-state index in [1.54, 1.807) is 18.2 Å². The van der Waals surface area contributed by atoms with Gasteiger partial charge < -0.3 is 5.11 Å². The summed E-state index contributed by atoms with van der Waals surface area (Å²) in [5, 5.41) is 22.5. The third kappa shape index (κ3) is 5.58. The zero-order valence-corrected chi connectivity index (χ0v) is 13.0. The van der Waals surface area contributed by atoms with Crippen LogP contribution in [-0.2, 0) is 20.8 Å². The van der Waals surface area contributed by atoms with Gasteiger partial charge in [0.1, 0.15) is 0 Å². The SMILES string of the molecule is B=C(O)/C=C\C(=O)NC1=Nc2cc(NC(=O)/C=C\C(=O)O)ccc2C1. The van der Waals surface area contributed by atoms with Crippen molar-refractivity contribution in [2.45, 2.75) is 6.42 Å². The molecule has 8 nitrogen and oxygen atoms in total. The maximum atomic E-state index is 11.7. The van der Waals surface area contributed by atoms with E-state index in [0.29, 0.717) is 23.6 Å². The van der Waals surface area contributed by atoms with Crippen molar-refractivity contribution in [3.63, 3.8) is 0 Å². The van der Waals surface area contributed by atoms with Crippen molar-refractivity contribution < 1.29 is 24.6 Å². The first-order chi connectivity index (χ1) is 11.8. The second-order valence-corrected chi connectivity index (χ2v) is 5.05. The van der Waals surface area contributed by atoms with Gasteiger partial charge in [-0.2, -0.15) is 0 Å². The molecule has 0 saturated carbocycles. The number of carboxylic acid groups (broad SMARTS) is 1. The van der Waals surface area contributed by atoms with Crippen molar-refractivity contribution in [1.82, 2.24) is 5.32 Å². The second-order valence-electron chi connectivity index (χ2n) is 5.05. The van der Waals surface area contributed by atoms with E-state index in [2.05, 4.69) is 23.1 Å². The van der Waals surface area contributed by atoms with Crippen LogP contribution in [0.1, 0.15) is 5.56 Å². The Kier molecular flexibility index (Phi) is 5.62. The van der Waals surface area contributed by atoms with E-state index < -0.39 is 17.8 Å². The van der Waals surface area contributed by atoms with E-state index >= 15 is 0 Å². The summed E-state index contributed by atoms with van der Waals surface area (Å²) >= 11 is 0. The number of carboxylic acids is 1. The van der Waals surface area contributed by atoms with E-state index in [1.165, 1.54) is 0 Å². The second kappa shape index (κ2) is 7.87. The average molecular weight is 339 g/mol. The standard InChI is InChI=1S/C16H14BN3O5/c17-12(21)3-4-15(23)20-13-7-9-1-2-10(8-11(9)19-13)18-14(22)5-6-16(24)25/h1-6,8,17,21H,7H2,(H,18,22)(H,24,25)(H,19,20,23)/b4-3-,6-5-. The van der Waals surface area contributed by atoms with E-state index in [1.807, 2.05) is 0 Å². The zero-order valence-electron chi connectivity index (χ0n) is 13.0. The Balaban J connectivity index is 2.03. The fourth-order valence-corrected chi connectivity index (χ4v) is 2.02. The van der Waals surface area contributed by atoms with Crippen LogP contribution in [0.25, 0.3) is 0 Å². The molecule has 2 rings (SSSR count). The summed E-state index contributed by atoms with van der Waals surface area (Å²) < 4.78 is 0. The molecule has 0 spiro atoms. The molecule has 1 aromatic rings. The molecule has 1 aliphatic heterocycles. The van der Waals surface area contributed by atoms with Gasteiger partial charge in [0.15, 0.2) is 0 Å². The van der Waals surface area contributed by atoms with Crippen molar-refractivity contribution >= 4 is 48.1 Å². The van der Waals surface area contributed by atoms with Crippen molar-refractivity contribution in [2.75, 3.05) is 5.32 Å². The number of benzene rings is 1. The van der Waals surface area contributed by atoms with Crippen LogP contribution in [-0.4, -0.2) is 47.0 Å². The molecule has 1 aliphatic rings. The topological polar surface area (TPSA) is 128 Å². The number of carbonyl (C=O) groups excluding carboxylic acids is 2. The fourth-order valence-electron chi connectivity index (χ4n) is 2.02. The van der Waals surface area contributed by atoms with Gasteiger partial charge in [-0.3, -0.25) is 4.79 Å². The van der Waals surface area contributed by atoms with Gasteiger partial charge in [-0.1, -0.05) is 0 Å². The van der Waals surface area contributed by atoms with Gasteiger partial charge in [0, 0.05) is 12.2 Å². The van der Waals surface area contributed by atoms with E-state index in [0.717, 1.165) is 29.9 Å². The summed E-state index contributed by atoms with van der Waals surface area (Å²) in [5.74, 6) is -1.81. The molecule has 2 amide bonds. The predicted octanol–water partition coefficient (Wildman–Crippen LogP) is -0.0724. The molecule has 0 fully saturated rings. The molecule has 1 heterocycles. The van der Waals surface area contributed by atoms with Crippen LogP contribution >= 0.6 is 0 Å². The Morgan fingerprint density at radius 2 is 1.72 bits per heavy atom. The van der Waals surface area contributed by atoms with Crippen LogP contribution in [0.3, 0.4) is 0 Å². The summed E-state index contributed by atoms with van der Waals surface area (Å²) in [4.78, 5) is 37.9. The van der Waals surface area contributed by atoms with Gasteiger partial charge in [-0.05, 0) is 0 Å². The molecule has 1 aromatic carbocycles. The number of aliphatic carboxylic acids is 1. The number of aliphatic imine (C=N–C) groups is 1. The summed E-state index contributed by atoms with van der Waals surface area (Å²) in [6, 6.07) is 5.02. The third-order valence-corrected chi connectivity index (χ3v) is 3.04. The Labute approximate surface area is 143 Å². The van der Waals surface area contributed by atoms with Gasteiger partial charge in [0.2, 0.25) is 0 Å². The van der Waals surface area contributed by atoms with Gasteiger partial charge in [-0.15, -0.1) is 0 Å². The van der Waals surface area contributed by atoms with E-state index in [4.69, 9.17) is 10.2 Å². The van der Waals surface area contributed by atoms with Gasteiger partial charge in [0.05, 0.1) is 0 Å². The first kappa shape index (κ1) is 17.9. The number of hydrogen-bond donors (Lipinski definition) is 4. The van der Waals surface area contributed by atoms with Crippen LogP contribution < -0.4 is 10.6 Å². The molecule has 0 unspecified atom stereocenters. The molecule has 25 heavy (non-hydrogen) atoms. The van der Waals surface area contributed by atoms with Crippen LogP contribution in [0, 0.1) is 0 Å². The van der Waals surface area contributed by atoms with Crippen molar-refractivity contribution in [3.8, 4) is 0 Å². The van der Waals surface area contributed by atoms with Crippen molar-refractivity contribution in [1.29, 1.82) is 0 Å². The first-order valence-corrected chi connectivity index (χ1v) is 7.13. The summed E-state index contributed by atoms with van der Waals surface area (Å²) in [5.41, 5.74) is 1.67. The number of nitrogens with one attached hydrogen (secondary N) is 2. The molecule has 0 bridgehead atoms. The molecular formula is C16H14BN3O5. The maximum absolute atomic E-state index is 11.7. The number of amidine groups is 1. The summed E-state index contributed by atoms with van der Waals surface area (Å²) in [7, 11) is 3.23. The minimum absolute atomic E-state index is 0.232. The van der Waals surface area contributed by atoms with E-state index in [9.17, 15) is 14.4 Å². The quantitative estimate of drug-likeness (QED) is 0.441. The number of carbonyl (C=O) groups is 3. The first-order valence-electron chi connectivity index (χ1n) is 7.13. The molecule has 4 N–H and O–H groups in total. The predicted molar refractivity (Wildman–Crippen MR) is 94.0 cm³/mol. The molecule has 126 valence electrons.